The molecule has 0 radical (unpaired) electrons. The summed E-state index contributed by atoms with van der Waals surface area (Å²) in [5.74, 6) is -1.21. The van der Waals surface area contributed by atoms with Gasteiger partial charge in [0.05, 0.1) is 11.8 Å². The van der Waals surface area contributed by atoms with Crippen molar-refractivity contribution < 1.29 is 38.1 Å². The van der Waals surface area contributed by atoms with Crippen LogP contribution >= 0.6 is 0 Å². The summed E-state index contributed by atoms with van der Waals surface area (Å²) in [6, 6.07) is 3.14. The number of anilines is 1. The SMILES string of the molecule is C=CCCC(=O)O[C@H]([C@@H](COC(=O)OC(C)C)OC#N)[C@@H](OC(=O)CCC=C)c1ccc2c(N)ncnn12. The largest absolute Gasteiger partial charge is 0.508 e. The summed E-state index contributed by atoms with van der Waals surface area (Å²) < 4.78 is 28.0. The normalized spacial score (nSPS) is 13.0. The number of aromatic nitrogens is 3. The Morgan fingerprint density at radius 3 is 2.37 bits per heavy atom. The fraction of sp³-hybridized carbons (Fsp3) is 0.440. The summed E-state index contributed by atoms with van der Waals surface area (Å²) in [5.41, 5.74) is 6.58. The molecule has 0 amide bonds. The fourth-order valence-electron chi connectivity index (χ4n) is 3.31. The first kappa shape index (κ1) is 29.6. The van der Waals surface area contributed by atoms with E-state index in [9.17, 15) is 19.6 Å². The van der Waals surface area contributed by atoms with Crippen LogP contribution in [0.25, 0.3) is 5.52 Å². The van der Waals surface area contributed by atoms with Crippen LogP contribution in [0.4, 0.5) is 10.6 Å². The Balaban J connectivity index is 2.56. The molecule has 3 atom stereocenters. The van der Waals surface area contributed by atoms with Crippen LogP contribution in [0.3, 0.4) is 0 Å². The van der Waals surface area contributed by atoms with E-state index in [1.807, 2.05) is 0 Å². The minimum atomic E-state index is -1.46. The van der Waals surface area contributed by atoms with Gasteiger partial charge in [0, 0.05) is 12.8 Å². The number of carbonyl (C=O) groups is 3. The first-order valence-corrected chi connectivity index (χ1v) is 11.8. The number of ether oxygens (including phenoxy) is 5. The Labute approximate surface area is 219 Å². The molecule has 0 aliphatic heterocycles. The number of hydrogen-bond acceptors (Lipinski definition) is 12. The van der Waals surface area contributed by atoms with Crippen molar-refractivity contribution in [3.05, 3.63) is 49.5 Å². The summed E-state index contributed by atoms with van der Waals surface area (Å²) in [7, 11) is 0. The molecule has 204 valence electrons. The molecule has 2 rings (SSSR count). The third-order valence-corrected chi connectivity index (χ3v) is 5.00. The van der Waals surface area contributed by atoms with Gasteiger partial charge in [0.1, 0.15) is 18.5 Å². The van der Waals surface area contributed by atoms with E-state index in [1.165, 1.54) is 23.2 Å². The second-order valence-electron chi connectivity index (χ2n) is 8.20. The molecule has 0 fully saturated rings. The molecule has 0 aromatic carbocycles. The lowest BCUT2D eigenvalue weighted by Gasteiger charge is -2.31. The van der Waals surface area contributed by atoms with Crippen molar-refractivity contribution in [3.8, 4) is 6.26 Å². The third kappa shape index (κ3) is 8.51. The number of allylic oxidation sites excluding steroid dienone is 2. The third-order valence-electron chi connectivity index (χ3n) is 5.00. The number of nitrogens with two attached hydrogens (primary N) is 1. The average Bonchev–Trinajstić information content (AvgIpc) is 3.31. The number of nitriles is 1. The topological polar surface area (TPSA) is 177 Å². The van der Waals surface area contributed by atoms with Crippen LogP contribution in [0.2, 0.25) is 0 Å². The zero-order valence-electron chi connectivity index (χ0n) is 21.3. The predicted octanol–water partition coefficient (Wildman–Crippen LogP) is 3.17. The van der Waals surface area contributed by atoms with Crippen LogP contribution in [-0.4, -0.2) is 57.6 Å². The minimum Gasteiger partial charge on any atom is -0.454 e. The van der Waals surface area contributed by atoms with Crippen LogP contribution in [0.15, 0.2) is 43.8 Å². The highest BCUT2D eigenvalue weighted by molar-refractivity contribution is 5.71. The molecule has 13 nitrogen and oxygen atoms in total. The maximum atomic E-state index is 12.7. The van der Waals surface area contributed by atoms with Gasteiger partial charge >= 0.3 is 18.1 Å². The Kier molecular flexibility index (Phi) is 11.6. The minimum absolute atomic E-state index is 0.0292. The van der Waals surface area contributed by atoms with Crippen molar-refractivity contribution in [1.29, 1.82) is 5.26 Å². The number of fused-ring (bicyclic) bond motifs is 1. The van der Waals surface area contributed by atoms with E-state index in [0.29, 0.717) is 18.4 Å². The molecule has 2 aromatic heterocycles. The van der Waals surface area contributed by atoms with Gasteiger partial charge in [-0.1, -0.05) is 12.2 Å². The number of nitrogen functional groups attached to an aromatic ring is 1. The lowest BCUT2D eigenvalue weighted by Crippen LogP contribution is -2.43. The quantitative estimate of drug-likeness (QED) is 0.154. The van der Waals surface area contributed by atoms with Crippen LogP contribution in [0, 0.1) is 11.5 Å². The van der Waals surface area contributed by atoms with Crippen molar-refractivity contribution >= 4 is 29.4 Å². The lowest BCUT2D eigenvalue weighted by atomic mass is 10.0. The molecule has 13 heteroatoms. The molecule has 2 N–H and O–H groups in total. The van der Waals surface area contributed by atoms with Crippen molar-refractivity contribution in [2.24, 2.45) is 0 Å². The molecule has 2 aromatic rings. The van der Waals surface area contributed by atoms with Gasteiger partial charge in [-0.05, 0) is 38.8 Å². The lowest BCUT2D eigenvalue weighted by molar-refractivity contribution is -0.181. The van der Waals surface area contributed by atoms with Crippen LogP contribution < -0.4 is 5.73 Å². The number of hydrogen-bond donors (Lipinski definition) is 1. The van der Waals surface area contributed by atoms with Gasteiger partial charge in [0.25, 0.3) is 6.26 Å². The zero-order valence-corrected chi connectivity index (χ0v) is 21.3. The molecule has 0 unspecified atom stereocenters. The molecular weight excluding hydrogens is 498 g/mol. The van der Waals surface area contributed by atoms with Crippen molar-refractivity contribution in [1.82, 2.24) is 14.6 Å². The van der Waals surface area contributed by atoms with Gasteiger partial charge in [-0.15, -0.1) is 13.2 Å². The van der Waals surface area contributed by atoms with E-state index >= 15 is 0 Å². The van der Waals surface area contributed by atoms with Crippen LogP contribution in [-0.2, 0) is 33.3 Å². The summed E-state index contributed by atoms with van der Waals surface area (Å²) in [4.78, 5) is 41.4. The van der Waals surface area contributed by atoms with E-state index in [-0.39, 0.29) is 24.4 Å². The number of nitrogens with zero attached hydrogens (tertiary/aromatic N) is 4. The van der Waals surface area contributed by atoms with Gasteiger partial charge in [-0.25, -0.2) is 14.3 Å². The maximum absolute atomic E-state index is 12.7. The van der Waals surface area contributed by atoms with Gasteiger partial charge in [-0.2, -0.15) is 10.4 Å². The second kappa shape index (κ2) is 14.8. The van der Waals surface area contributed by atoms with Gasteiger partial charge in [-0.3, -0.25) is 9.59 Å². The molecule has 0 bridgehead atoms. The summed E-state index contributed by atoms with van der Waals surface area (Å²) in [6.07, 6.45) is 0.598. The molecule has 0 saturated carbocycles. The van der Waals surface area contributed by atoms with Gasteiger partial charge < -0.3 is 29.4 Å². The first-order chi connectivity index (χ1) is 18.2. The van der Waals surface area contributed by atoms with E-state index in [0.717, 1.165) is 0 Å². The van der Waals surface area contributed by atoms with Crippen molar-refractivity contribution in [2.75, 3.05) is 12.3 Å². The maximum Gasteiger partial charge on any atom is 0.508 e. The molecular formula is C25H31N5O8. The molecule has 0 aliphatic carbocycles. The number of carbonyl (C=O) groups excluding carboxylic acids is 3. The highest BCUT2D eigenvalue weighted by Gasteiger charge is 2.41. The summed E-state index contributed by atoms with van der Waals surface area (Å²) in [5, 5.41) is 13.5. The van der Waals surface area contributed by atoms with Gasteiger partial charge in [0.2, 0.25) is 0 Å². The van der Waals surface area contributed by atoms with E-state index in [4.69, 9.17) is 29.4 Å². The van der Waals surface area contributed by atoms with Crippen molar-refractivity contribution in [2.45, 2.75) is 63.9 Å². The number of esters is 2. The highest BCUT2D eigenvalue weighted by Crippen LogP contribution is 2.31. The zero-order chi connectivity index (χ0) is 28.1. The molecule has 38 heavy (non-hydrogen) atoms. The molecule has 0 spiro atoms. The predicted molar refractivity (Wildman–Crippen MR) is 133 cm³/mol. The monoisotopic (exact) mass is 529 g/mol. The fourth-order valence-corrected chi connectivity index (χ4v) is 3.31. The Hall–Kier alpha value is -4.60. The number of rotatable bonds is 15. The molecule has 2 heterocycles. The summed E-state index contributed by atoms with van der Waals surface area (Å²) in [6.45, 7) is 9.85. The average molecular weight is 530 g/mol. The Morgan fingerprint density at radius 1 is 1.11 bits per heavy atom. The second-order valence-corrected chi connectivity index (χ2v) is 8.20. The first-order valence-electron chi connectivity index (χ1n) is 11.8. The van der Waals surface area contributed by atoms with E-state index in [1.54, 1.807) is 32.1 Å². The van der Waals surface area contributed by atoms with E-state index < -0.39 is 49.1 Å². The van der Waals surface area contributed by atoms with Gasteiger partial charge in [0.15, 0.2) is 24.1 Å². The van der Waals surface area contributed by atoms with Crippen molar-refractivity contribution in [3.63, 3.8) is 0 Å². The van der Waals surface area contributed by atoms with Crippen LogP contribution in [0.5, 0.6) is 0 Å². The Bertz CT molecular complexity index is 1170. The standard InChI is InChI=1S/C25H31N5O8/c1-5-7-9-20(31)37-22(17-11-12-18-24(27)28-15-29-30(17)18)23(38-21(32)10-8-6-2)19(35-14-26)13-34-25(33)36-16(3)4/h5-6,11-12,15-16,19,22-23H,1-2,7-10,13H2,3-4H3,(H2,27,28,29)/t19-,22+,23-/m1/s1. The Morgan fingerprint density at radius 2 is 1.76 bits per heavy atom. The molecule has 0 saturated heterocycles. The van der Waals surface area contributed by atoms with Crippen LogP contribution in [0.1, 0.15) is 51.3 Å². The molecule has 0 aliphatic rings. The van der Waals surface area contributed by atoms with E-state index in [2.05, 4.69) is 23.2 Å². The smallest absolute Gasteiger partial charge is 0.454 e. The summed E-state index contributed by atoms with van der Waals surface area (Å²) >= 11 is 0. The highest BCUT2D eigenvalue weighted by atomic mass is 16.7.